The summed E-state index contributed by atoms with van der Waals surface area (Å²) in [6.07, 6.45) is 0.0198. The van der Waals surface area contributed by atoms with Crippen molar-refractivity contribution in [3.63, 3.8) is 0 Å². The number of likely N-dealkylation sites (tertiary alicyclic amines) is 1. The quantitative estimate of drug-likeness (QED) is 0.675. The Morgan fingerprint density at radius 3 is 2.62 bits per heavy atom. The van der Waals surface area contributed by atoms with Gasteiger partial charge in [-0.15, -0.1) is 0 Å². The van der Waals surface area contributed by atoms with Gasteiger partial charge in [-0.2, -0.15) is 0 Å². The number of β-lactam (4-membered cyclic amide) rings is 1. The van der Waals surface area contributed by atoms with Gasteiger partial charge in [0.05, 0.1) is 19.1 Å². The molecule has 1 heterocycles. The molecule has 6 heteroatoms. The van der Waals surface area contributed by atoms with Crippen molar-refractivity contribution in [1.82, 2.24) is 10.2 Å². The van der Waals surface area contributed by atoms with Gasteiger partial charge < -0.3 is 10.1 Å². The highest BCUT2D eigenvalue weighted by molar-refractivity contribution is 6.06. The number of nitrogens with zero attached hydrogens (tertiary/aromatic N) is 1. The van der Waals surface area contributed by atoms with E-state index in [2.05, 4.69) is 5.32 Å². The van der Waals surface area contributed by atoms with Gasteiger partial charge in [-0.05, 0) is 19.4 Å². The van der Waals surface area contributed by atoms with Gasteiger partial charge in [-0.3, -0.25) is 4.79 Å². The van der Waals surface area contributed by atoms with Crippen LogP contribution in [-0.2, 0) is 14.3 Å². The lowest BCUT2D eigenvalue weighted by molar-refractivity contribution is -0.161. The number of hydrogen-bond acceptors (Lipinski definition) is 4. The van der Waals surface area contributed by atoms with Crippen LogP contribution in [0.15, 0.2) is 30.3 Å². The number of carbonyl (C=O) groups excluding carboxylic acids is 3. The summed E-state index contributed by atoms with van der Waals surface area (Å²) in [6.45, 7) is 3.72. The highest BCUT2D eigenvalue weighted by atomic mass is 16.5. The zero-order valence-electron chi connectivity index (χ0n) is 12.0. The average molecular weight is 290 g/mol. The lowest BCUT2D eigenvalue weighted by Crippen LogP contribution is -2.62. The van der Waals surface area contributed by atoms with Crippen molar-refractivity contribution < 1.29 is 19.1 Å². The van der Waals surface area contributed by atoms with Crippen molar-refractivity contribution in [3.05, 3.63) is 35.9 Å². The molecule has 0 bridgehead atoms. The highest BCUT2D eigenvalue weighted by Crippen LogP contribution is 2.22. The molecular weight excluding hydrogens is 272 g/mol. The van der Waals surface area contributed by atoms with Gasteiger partial charge in [0.25, 0.3) is 0 Å². The van der Waals surface area contributed by atoms with Crippen molar-refractivity contribution in [2.24, 2.45) is 0 Å². The summed E-state index contributed by atoms with van der Waals surface area (Å²) >= 11 is 0. The summed E-state index contributed by atoms with van der Waals surface area (Å²) in [5, 5.41) is 2.71. The van der Waals surface area contributed by atoms with Crippen molar-refractivity contribution >= 4 is 17.9 Å². The van der Waals surface area contributed by atoms with Crippen LogP contribution in [-0.4, -0.2) is 35.5 Å². The summed E-state index contributed by atoms with van der Waals surface area (Å²) in [7, 11) is 0. The van der Waals surface area contributed by atoms with Crippen molar-refractivity contribution in [2.75, 3.05) is 6.61 Å². The topological polar surface area (TPSA) is 75.7 Å². The van der Waals surface area contributed by atoms with E-state index < -0.39 is 18.0 Å². The third kappa shape index (κ3) is 3.21. The van der Waals surface area contributed by atoms with Gasteiger partial charge in [0.2, 0.25) is 5.91 Å². The van der Waals surface area contributed by atoms with E-state index in [4.69, 9.17) is 4.74 Å². The van der Waals surface area contributed by atoms with Crippen LogP contribution >= 0.6 is 0 Å². The van der Waals surface area contributed by atoms with Crippen LogP contribution in [0.4, 0.5) is 4.79 Å². The molecule has 1 aliphatic heterocycles. The third-order valence-corrected chi connectivity index (χ3v) is 3.37. The number of rotatable bonds is 4. The predicted molar refractivity (Wildman–Crippen MR) is 75.3 cm³/mol. The van der Waals surface area contributed by atoms with Gasteiger partial charge in [0, 0.05) is 0 Å². The van der Waals surface area contributed by atoms with E-state index in [9.17, 15) is 14.4 Å². The van der Waals surface area contributed by atoms with Crippen LogP contribution in [0.25, 0.3) is 0 Å². The molecule has 1 aliphatic rings. The summed E-state index contributed by atoms with van der Waals surface area (Å²) < 4.78 is 4.85. The minimum Gasteiger partial charge on any atom is -0.464 e. The van der Waals surface area contributed by atoms with Gasteiger partial charge in [-0.25, -0.2) is 14.5 Å². The monoisotopic (exact) mass is 290 g/mol. The normalized spacial score (nSPS) is 18.7. The van der Waals surface area contributed by atoms with E-state index >= 15 is 0 Å². The van der Waals surface area contributed by atoms with Crippen LogP contribution < -0.4 is 5.32 Å². The summed E-state index contributed by atoms with van der Waals surface area (Å²) in [5.41, 5.74) is 0.923. The fourth-order valence-electron chi connectivity index (χ4n) is 2.18. The van der Waals surface area contributed by atoms with Crippen molar-refractivity contribution in [3.8, 4) is 0 Å². The number of amides is 3. The maximum Gasteiger partial charge on any atom is 0.329 e. The fraction of sp³-hybridized carbons (Fsp3) is 0.400. The van der Waals surface area contributed by atoms with E-state index in [1.54, 1.807) is 6.92 Å². The first-order chi connectivity index (χ1) is 10.0. The summed E-state index contributed by atoms with van der Waals surface area (Å²) in [5.74, 6) is -0.912. The summed E-state index contributed by atoms with van der Waals surface area (Å²) in [4.78, 5) is 36.3. The number of carbonyl (C=O) groups is 3. The Balaban J connectivity index is 1.99. The number of imide groups is 1. The molecule has 2 rings (SSSR count). The largest absolute Gasteiger partial charge is 0.464 e. The van der Waals surface area contributed by atoms with E-state index in [1.807, 2.05) is 37.3 Å². The Hall–Kier alpha value is -2.37. The molecule has 0 spiro atoms. The first kappa shape index (κ1) is 15.0. The molecular formula is C15H18N2O4. The standard InChI is InChI=1S/C15H18N2O4/c1-3-21-14(19)12-9-13(18)17(12)15(20)16-10(2)11-7-5-4-6-8-11/h4-8,10,12H,3,9H2,1-2H3,(H,16,20)/t10-,12?/m1/s1. The Bertz CT molecular complexity index is 544. The highest BCUT2D eigenvalue weighted by Gasteiger charge is 2.46. The van der Waals surface area contributed by atoms with Crippen molar-refractivity contribution in [1.29, 1.82) is 0 Å². The minimum absolute atomic E-state index is 0.0198. The molecule has 1 N–H and O–H groups in total. The van der Waals surface area contributed by atoms with Gasteiger partial charge in [0.15, 0.2) is 0 Å². The molecule has 3 amide bonds. The molecule has 1 unspecified atom stereocenters. The first-order valence-corrected chi connectivity index (χ1v) is 6.88. The van der Waals surface area contributed by atoms with Crippen LogP contribution in [0.2, 0.25) is 0 Å². The zero-order chi connectivity index (χ0) is 15.4. The Morgan fingerprint density at radius 1 is 1.38 bits per heavy atom. The molecule has 0 aliphatic carbocycles. The molecule has 1 aromatic rings. The number of nitrogens with one attached hydrogen (secondary N) is 1. The number of urea groups is 1. The second-order valence-electron chi connectivity index (χ2n) is 4.82. The second-order valence-corrected chi connectivity index (χ2v) is 4.82. The minimum atomic E-state index is -0.805. The molecule has 0 aromatic heterocycles. The van der Waals surface area contributed by atoms with Gasteiger partial charge in [-0.1, -0.05) is 30.3 Å². The molecule has 1 saturated heterocycles. The van der Waals surface area contributed by atoms with Gasteiger partial charge in [0.1, 0.15) is 6.04 Å². The van der Waals surface area contributed by atoms with Crippen LogP contribution in [0.1, 0.15) is 31.9 Å². The predicted octanol–water partition coefficient (Wildman–Crippen LogP) is 1.62. The van der Waals surface area contributed by atoms with Crippen molar-refractivity contribution in [2.45, 2.75) is 32.4 Å². The van der Waals surface area contributed by atoms with E-state index in [-0.39, 0.29) is 25.0 Å². The van der Waals surface area contributed by atoms with E-state index in [1.165, 1.54) is 0 Å². The van der Waals surface area contributed by atoms with Crippen LogP contribution in [0.3, 0.4) is 0 Å². The number of hydrogen-bond donors (Lipinski definition) is 1. The third-order valence-electron chi connectivity index (χ3n) is 3.37. The second kappa shape index (κ2) is 6.39. The molecule has 0 saturated carbocycles. The maximum atomic E-state index is 12.1. The molecule has 2 atom stereocenters. The Labute approximate surface area is 123 Å². The average Bonchev–Trinajstić information content (AvgIpc) is 2.45. The molecule has 21 heavy (non-hydrogen) atoms. The first-order valence-electron chi connectivity index (χ1n) is 6.88. The number of esters is 1. The Morgan fingerprint density at radius 2 is 2.05 bits per heavy atom. The molecule has 1 aromatic carbocycles. The SMILES string of the molecule is CCOC(=O)C1CC(=O)N1C(=O)N[C@H](C)c1ccccc1. The molecule has 6 nitrogen and oxygen atoms in total. The summed E-state index contributed by atoms with van der Waals surface area (Å²) in [6, 6.07) is 7.75. The fourth-order valence-corrected chi connectivity index (χ4v) is 2.18. The zero-order valence-corrected chi connectivity index (χ0v) is 12.0. The van der Waals surface area contributed by atoms with Gasteiger partial charge >= 0.3 is 12.0 Å². The molecule has 1 fully saturated rings. The van der Waals surface area contributed by atoms with E-state index in [0.29, 0.717) is 0 Å². The van der Waals surface area contributed by atoms with E-state index in [0.717, 1.165) is 10.5 Å². The lowest BCUT2D eigenvalue weighted by Gasteiger charge is -2.37. The number of benzene rings is 1. The smallest absolute Gasteiger partial charge is 0.329 e. The molecule has 0 radical (unpaired) electrons. The van der Waals surface area contributed by atoms with Crippen LogP contribution in [0, 0.1) is 0 Å². The Kier molecular flexibility index (Phi) is 4.57. The number of ether oxygens (including phenoxy) is 1. The lowest BCUT2D eigenvalue weighted by atomic mass is 10.0. The van der Waals surface area contributed by atoms with Crippen LogP contribution in [0.5, 0.6) is 0 Å². The molecule has 112 valence electrons. The maximum absolute atomic E-state index is 12.1.